The van der Waals surface area contributed by atoms with E-state index < -0.39 is 10.3 Å². The third-order valence-corrected chi connectivity index (χ3v) is 8.18. The van der Waals surface area contributed by atoms with E-state index in [1.165, 1.54) is 9.31 Å². The molecule has 0 saturated carbocycles. The summed E-state index contributed by atoms with van der Waals surface area (Å²) in [5.74, 6) is 1.64. The van der Waals surface area contributed by atoms with Gasteiger partial charge in [-0.25, -0.2) is 9.78 Å². The zero-order valence-corrected chi connectivity index (χ0v) is 18.6. The summed E-state index contributed by atoms with van der Waals surface area (Å²) >= 11 is 0. The van der Waals surface area contributed by atoms with Gasteiger partial charge in [0.15, 0.2) is 11.2 Å². The Morgan fingerprint density at radius 2 is 2.06 bits per heavy atom. The summed E-state index contributed by atoms with van der Waals surface area (Å²) in [6, 6.07) is 3.43. The highest BCUT2D eigenvalue weighted by molar-refractivity contribution is 8.28. The van der Waals surface area contributed by atoms with Crippen molar-refractivity contribution in [2.75, 3.05) is 23.1 Å². The maximum Gasteiger partial charge on any atom is 0.330 e. The van der Waals surface area contributed by atoms with E-state index in [0.29, 0.717) is 39.5 Å². The van der Waals surface area contributed by atoms with E-state index in [-0.39, 0.29) is 17.3 Å². The van der Waals surface area contributed by atoms with Crippen LogP contribution in [0.25, 0.3) is 22.1 Å². The summed E-state index contributed by atoms with van der Waals surface area (Å²) in [4.78, 5) is 34.0. The predicted octanol–water partition coefficient (Wildman–Crippen LogP) is 2.48. The van der Waals surface area contributed by atoms with Crippen LogP contribution in [0.4, 0.5) is 11.6 Å². The lowest BCUT2D eigenvalue weighted by atomic mass is 10.1. The van der Waals surface area contributed by atoms with Crippen molar-refractivity contribution in [2.24, 2.45) is 14.1 Å². The van der Waals surface area contributed by atoms with Gasteiger partial charge in [-0.15, -0.1) is 10.3 Å². The second kappa shape index (κ2) is 6.72. The number of nitrogens with zero attached hydrogens (tertiary/aromatic N) is 5. The average Bonchev–Trinajstić information content (AvgIpc) is 3.29. The van der Waals surface area contributed by atoms with Crippen molar-refractivity contribution in [3.05, 3.63) is 44.7 Å². The molecule has 2 unspecified atom stereocenters. The number of nitrogens with one attached hydrogen (secondary N) is 1. The number of aryl methyl sites for hydroxylation is 3. The van der Waals surface area contributed by atoms with Gasteiger partial charge in [-0.3, -0.25) is 13.9 Å². The fourth-order valence-electron chi connectivity index (χ4n) is 4.24. The summed E-state index contributed by atoms with van der Waals surface area (Å²) in [5.41, 5.74) is 2.84. The average molecular weight is 445 g/mol. The molecule has 1 fully saturated rings. The molecule has 2 atom stereocenters. The van der Waals surface area contributed by atoms with Crippen molar-refractivity contribution in [1.82, 2.24) is 23.8 Å². The van der Waals surface area contributed by atoms with Gasteiger partial charge in [0.25, 0.3) is 5.56 Å². The second-order valence-electron chi connectivity index (χ2n) is 8.33. The van der Waals surface area contributed by atoms with E-state index >= 15 is 0 Å². The first-order valence-electron chi connectivity index (χ1n) is 9.92. The fraction of sp³-hybridized carbons (Fsp3) is 0.400. The Labute approximate surface area is 178 Å². The first-order chi connectivity index (χ1) is 14.6. The molecule has 1 aliphatic rings. The molecule has 164 valence electrons. The number of hydrogen-bond acceptors (Lipinski definition) is 7. The lowest BCUT2D eigenvalue weighted by Gasteiger charge is -2.22. The molecule has 1 saturated heterocycles. The Balaban J connectivity index is 1.58. The minimum atomic E-state index is -1.67. The zero-order chi connectivity index (χ0) is 22.1. The standard InChI is InChI=1S/C20H24N6O4S/c1-11-7-13-16(30-25(3)18(13)27)8-14(11)22-19-21-9-15-17(23-19)26(20(28)24(15)2)12-5-6-31(4,29)10-12/h7-9,12,29H,5-6,10H2,1-4H3,(H,21,22,23). The number of rotatable bonds is 3. The Bertz CT molecular complexity index is 1460. The summed E-state index contributed by atoms with van der Waals surface area (Å²) in [7, 11) is 1.60. The largest absolute Gasteiger partial charge is 0.376 e. The summed E-state index contributed by atoms with van der Waals surface area (Å²) in [5, 5.41) is 3.69. The van der Waals surface area contributed by atoms with Gasteiger partial charge in [0, 0.05) is 37.4 Å². The lowest BCUT2D eigenvalue weighted by Crippen LogP contribution is -2.26. The summed E-state index contributed by atoms with van der Waals surface area (Å²) < 4.78 is 20.4. The SMILES string of the molecule is Cc1cc2c(=O)n(C)oc2cc1Nc1ncc2c(n1)n(C1CCS(C)(O)C1)c(=O)n2C. The van der Waals surface area contributed by atoms with Gasteiger partial charge < -0.3 is 14.4 Å². The van der Waals surface area contributed by atoms with Crippen LogP contribution in [0.2, 0.25) is 0 Å². The molecule has 10 nitrogen and oxygen atoms in total. The van der Waals surface area contributed by atoms with Gasteiger partial charge in [-0.2, -0.15) is 9.72 Å². The minimum Gasteiger partial charge on any atom is -0.376 e. The van der Waals surface area contributed by atoms with Gasteiger partial charge in [0.1, 0.15) is 5.52 Å². The van der Waals surface area contributed by atoms with E-state index in [4.69, 9.17) is 4.52 Å². The molecule has 2 N–H and O–H groups in total. The topological polar surface area (TPSA) is 120 Å². The number of benzene rings is 1. The molecule has 1 aromatic carbocycles. The molecule has 0 bridgehead atoms. The molecule has 31 heavy (non-hydrogen) atoms. The molecule has 0 radical (unpaired) electrons. The maximum atomic E-state index is 12.9. The van der Waals surface area contributed by atoms with E-state index in [1.807, 2.05) is 13.2 Å². The van der Waals surface area contributed by atoms with Crippen LogP contribution in [0.1, 0.15) is 18.0 Å². The third-order valence-electron chi connectivity index (χ3n) is 5.96. The van der Waals surface area contributed by atoms with Crippen LogP contribution in [-0.2, 0) is 14.1 Å². The van der Waals surface area contributed by atoms with Crippen molar-refractivity contribution in [2.45, 2.75) is 19.4 Å². The van der Waals surface area contributed by atoms with Crippen LogP contribution in [-0.4, -0.2) is 46.2 Å². The molecule has 4 aromatic rings. The van der Waals surface area contributed by atoms with Crippen molar-refractivity contribution < 1.29 is 9.08 Å². The zero-order valence-electron chi connectivity index (χ0n) is 17.7. The van der Waals surface area contributed by atoms with Crippen LogP contribution >= 0.6 is 10.3 Å². The number of fused-ring (bicyclic) bond motifs is 2. The van der Waals surface area contributed by atoms with Crippen LogP contribution in [0.5, 0.6) is 0 Å². The summed E-state index contributed by atoms with van der Waals surface area (Å²) in [6.45, 7) is 1.88. The molecule has 0 aliphatic carbocycles. The molecule has 5 rings (SSSR count). The second-order valence-corrected chi connectivity index (χ2v) is 11.5. The Morgan fingerprint density at radius 1 is 1.29 bits per heavy atom. The molecular weight excluding hydrogens is 420 g/mol. The molecule has 0 spiro atoms. The maximum absolute atomic E-state index is 12.9. The van der Waals surface area contributed by atoms with Gasteiger partial charge >= 0.3 is 5.69 Å². The first kappa shape index (κ1) is 19.9. The van der Waals surface area contributed by atoms with Crippen molar-refractivity contribution in [1.29, 1.82) is 0 Å². The highest BCUT2D eigenvalue weighted by Crippen LogP contribution is 2.50. The van der Waals surface area contributed by atoms with Crippen molar-refractivity contribution >= 4 is 44.1 Å². The first-order valence-corrected chi connectivity index (χ1v) is 12.3. The van der Waals surface area contributed by atoms with Crippen molar-refractivity contribution in [3.63, 3.8) is 0 Å². The van der Waals surface area contributed by atoms with Crippen LogP contribution in [0.3, 0.4) is 0 Å². The van der Waals surface area contributed by atoms with Crippen molar-refractivity contribution in [3.8, 4) is 0 Å². The third kappa shape index (κ3) is 3.15. The molecule has 11 heteroatoms. The van der Waals surface area contributed by atoms with E-state index in [1.54, 1.807) is 37.0 Å². The Hall–Kier alpha value is -3.05. The normalized spacial score (nSPS) is 23.5. The Kier molecular flexibility index (Phi) is 4.31. The highest BCUT2D eigenvalue weighted by atomic mass is 32.3. The lowest BCUT2D eigenvalue weighted by molar-refractivity contribution is 0.324. The number of imidazole rings is 1. The Morgan fingerprint density at radius 3 is 2.77 bits per heavy atom. The summed E-state index contributed by atoms with van der Waals surface area (Å²) in [6.07, 6.45) is 4.25. The van der Waals surface area contributed by atoms with Gasteiger partial charge in [-0.1, -0.05) is 0 Å². The smallest absolute Gasteiger partial charge is 0.330 e. The van der Waals surface area contributed by atoms with Crippen LogP contribution in [0.15, 0.2) is 32.4 Å². The van der Waals surface area contributed by atoms with Gasteiger partial charge in [0.2, 0.25) is 5.95 Å². The minimum absolute atomic E-state index is 0.0827. The highest BCUT2D eigenvalue weighted by Gasteiger charge is 2.33. The van der Waals surface area contributed by atoms with Crippen LogP contribution in [0, 0.1) is 6.92 Å². The molecular formula is C20H24N6O4S. The number of hydrogen-bond donors (Lipinski definition) is 2. The fourth-order valence-corrected chi connectivity index (χ4v) is 6.34. The van der Waals surface area contributed by atoms with Gasteiger partial charge in [-0.05, 0) is 31.2 Å². The molecule has 1 aliphatic heterocycles. The quantitative estimate of drug-likeness (QED) is 0.498. The van der Waals surface area contributed by atoms with Gasteiger partial charge in [0.05, 0.1) is 17.6 Å². The number of anilines is 2. The van der Waals surface area contributed by atoms with E-state index in [9.17, 15) is 14.1 Å². The molecule has 3 aromatic heterocycles. The molecule has 0 amide bonds. The van der Waals surface area contributed by atoms with E-state index in [2.05, 4.69) is 15.3 Å². The molecule has 4 heterocycles. The van der Waals surface area contributed by atoms with Crippen LogP contribution < -0.4 is 16.6 Å². The number of aromatic nitrogens is 5. The van der Waals surface area contributed by atoms with E-state index in [0.717, 1.165) is 17.7 Å². The predicted molar refractivity (Wildman–Crippen MR) is 122 cm³/mol. The monoisotopic (exact) mass is 444 g/mol.